The van der Waals surface area contributed by atoms with Crippen molar-refractivity contribution in [2.45, 2.75) is 32.3 Å². The Morgan fingerprint density at radius 1 is 1.18 bits per heavy atom. The topological polar surface area (TPSA) is 89.7 Å². The number of hydrogen-bond donors (Lipinski definition) is 0. The molecular weight excluding hydrogens is 288 g/mol. The second kappa shape index (κ2) is 7.02. The number of non-ortho nitro benzene ring substituents is 1. The second-order valence-electron chi connectivity index (χ2n) is 5.24. The molecule has 1 aliphatic rings. The van der Waals surface area contributed by atoms with Crippen LogP contribution in [0.3, 0.4) is 0 Å². The van der Waals surface area contributed by atoms with Crippen LogP contribution >= 0.6 is 0 Å². The molecule has 0 N–H and O–H groups in total. The molecule has 22 heavy (non-hydrogen) atoms. The van der Waals surface area contributed by atoms with E-state index < -0.39 is 17.0 Å². The van der Waals surface area contributed by atoms with E-state index in [-0.39, 0.29) is 17.2 Å². The number of amides is 1. The molecule has 2 rings (SSSR count). The number of nitro benzene ring substituents is 1. The Morgan fingerprint density at radius 3 is 2.32 bits per heavy atom. The van der Waals surface area contributed by atoms with Crippen LogP contribution in [0.4, 0.5) is 5.69 Å². The zero-order valence-electron chi connectivity index (χ0n) is 12.4. The third-order valence-corrected chi connectivity index (χ3v) is 3.61. The average molecular weight is 306 g/mol. The van der Waals surface area contributed by atoms with E-state index in [0.717, 1.165) is 19.3 Å². The fourth-order valence-electron chi connectivity index (χ4n) is 2.37. The molecule has 0 radical (unpaired) electrons. The zero-order chi connectivity index (χ0) is 16.1. The molecule has 1 saturated heterocycles. The third kappa shape index (κ3) is 3.81. The van der Waals surface area contributed by atoms with Crippen molar-refractivity contribution in [3.8, 4) is 0 Å². The second-order valence-corrected chi connectivity index (χ2v) is 5.24. The Hall–Kier alpha value is -2.44. The number of benzene rings is 1. The van der Waals surface area contributed by atoms with Crippen LogP contribution in [0.2, 0.25) is 0 Å². The Balaban J connectivity index is 1.95. The molecule has 7 heteroatoms. The highest BCUT2D eigenvalue weighted by Gasteiger charge is 2.25. The molecule has 1 fully saturated rings. The molecule has 0 unspecified atom stereocenters. The number of carbonyl (C=O) groups excluding carboxylic acids is 2. The molecule has 0 saturated carbocycles. The predicted octanol–water partition coefficient (Wildman–Crippen LogP) is 2.15. The van der Waals surface area contributed by atoms with Crippen LogP contribution in [0.15, 0.2) is 24.3 Å². The van der Waals surface area contributed by atoms with Crippen molar-refractivity contribution >= 4 is 17.6 Å². The summed E-state index contributed by atoms with van der Waals surface area (Å²) in [5.41, 5.74) is 0.0814. The van der Waals surface area contributed by atoms with Crippen LogP contribution in [-0.4, -0.2) is 40.9 Å². The maximum absolute atomic E-state index is 12.2. The lowest BCUT2D eigenvalue weighted by Crippen LogP contribution is -2.42. The summed E-state index contributed by atoms with van der Waals surface area (Å²) in [6.45, 7) is 2.93. The molecule has 118 valence electrons. The van der Waals surface area contributed by atoms with Gasteiger partial charge in [0.05, 0.1) is 10.5 Å². The minimum Gasteiger partial charge on any atom is -0.449 e. The maximum atomic E-state index is 12.2. The SMILES string of the molecule is C[C@@H](OC(=O)c1ccc([N+](=O)[O-])cc1)C(=O)N1CCCCC1. The number of likely N-dealkylation sites (tertiary alicyclic amines) is 1. The monoisotopic (exact) mass is 306 g/mol. The molecule has 0 aliphatic carbocycles. The van der Waals surface area contributed by atoms with Crippen LogP contribution in [0.25, 0.3) is 0 Å². The van der Waals surface area contributed by atoms with Crippen molar-refractivity contribution in [2.75, 3.05) is 13.1 Å². The van der Waals surface area contributed by atoms with Crippen LogP contribution < -0.4 is 0 Å². The summed E-state index contributed by atoms with van der Waals surface area (Å²) in [6.07, 6.45) is 2.19. The first kappa shape index (κ1) is 15.9. The summed E-state index contributed by atoms with van der Waals surface area (Å²) in [5.74, 6) is -0.859. The van der Waals surface area contributed by atoms with Gasteiger partial charge in [0.25, 0.3) is 11.6 Å². The highest BCUT2D eigenvalue weighted by atomic mass is 16.6. The summed E-state index contributed by atoms with van der Waals surface area (Å²) >= 11 is 0. The Kier molecular flexibility index (Phi) is 5.08. The van der Waals surface area contributed by atoms with E-state index in [1.807, 2.05) is 0 Å². The summed E-state index contributed by atoms with van der Waals surface area (Å²) < 4.78 is 5.15. The quantitative estimate of drug-likeness (QED) is 0.483. The van der Waals surface area contributed by atoms with Gasteiger partial charge in [-0.15, -0.1) is 0 Å². The van der Waals surface area contributed by atoms with E-state index in [1.165, 1.54) is 24.3 Å². The fourth-order valence-corrected chi connectivity index (χ4v) is 2.37. The average Bonchev–Trinajstić information content (AvgIpc) is 2.54. The molecule has 1 atom stereocenters. The molecular formula is C15H18N2O5. The van der Waals surface area contributed by atoms with Crippen molar-refractivity contribution in [1.29, 1.82) is 0 Å². The minimum absolute atomic E-state index is 0.103. The molecule has 1 aromatic rings. The first-order chi connectivity index (χ1) is 10.5. The smallest absolute Gasteiger partial charge is 0.338 e. The van der Waals surface area contributed by atoms with Crippen LogP contribution in [0, 0.1) is 10.1 Å². The summed E-state index contributed by atoms with van der Waals surface area (Å²) in [6, 6.07) is 5.10. The fraction of sp³-hybridized carbons (Fsp3) is 0.467. The van der Waals surface area contributed by atoms with E-state index in [9.17, 15) is 19.7 Å². The van der Waals surface area contributed by atoms with Gasteiger partial charge in [-0.3, -0.25) is 14.9 Å². The van der Waals surface area contributed by atoms with Gasteiger partial charge < -0.3 is 9.64 Å². The number of hydrogen-bond acceptors (Lipinski definition) is 5. The van der Waals surface area contributed by atoms with E-state index in [2.05, 4.69) is 0 Å². The summed E-state index contributed by atoms with van der Waals surface area (Å²) in [4.78, 5) is 35.9. The molecule has 7 nitrogen and oxygen atoms in total. The number of esters is 1. The van der Waals surface area contributed by atoms with Gasteiger partial charge in [0.1, 0.15) is 0 Å². The number of rotatable bonds is 4. The van der Waals surface area contributed by atoms with Crippen molar-refractivity contribution in [3.05, 3.63) is 39.9 Å². The third-order valence-electron chi connectivity index (χ3n) is 3.61. The van der Waals surface area contributed by atoms with Crippen LogP contribution in [0.5, 0.6) is 0 Å². The standard InChI is InChI=1S/C15H18N2O5/c1-11(14(18)16-9-3-2-4-10-16)22-15(19)12-5-7-13(8-6-12)17(20)21/h5-8,11H,2-4,9-10H2,1H3/t11-/m1/s1. The number of nitro groups is 1. The van der Waals surface area contributed by atoms with Crippen LogP contribution in [0.1, 0.15) is 36.5 Å². The largest absolute Gasteiger partial charge is 0.449 e. The maximum Gasteiger partial charge on any atom is 0.338 e. The van der Waals surface area contributed by atoms with E-state index >= 15 is 0 Å². The minimum atomic E-state index is -0.860. The summed E-state index contributed by atoms with van der Waals surface area (Å²) in [7, 11) is 0. The first-order valence-electron chi connectivity index (χ1n) is 7.23. The molecule has 0 bridgehead atoms. The van der Waals surface area contributed by atoms with Gasteiger partial charge in [-0.05, 0) is 38.3 Å². The lowest BCUT2D eigenvalue weighted by Gasteiger charge is -2.28. The Bertz CT molecular complexity index is 564. The number of carbonyl (C=O) groups is 2. The Morgan fingerprint density at radius 2 is 1.77 bits per heavy atom. The molecule has 0 spiro atoms. The van der Waals surface area contributed by atoms with E-state index in [0.29, 0.717) is 13.1 Å². The van der Waals surface area contributed by atoms with Gasteiger partial charge >= 0.3 is 5.97 Å². The van der Waals surface area contributed by atoms with Gasteiger partial charge in [-0.25, -0.2) is 4.79 Å². The van der Waals surface area contributed by atoms with Gasteiger partial charge in [0.15, 0.2) is 6.10 Å². The highest BCUT2D eigenvalue weighted by Crippen LogP contribution is 2.15. The van der Waals surface area contributed by atoms with E-state index in [4.69, 9.17) is 4.74 Å². The van der Waals surface area contributed by atoms with Crippen molar-refractivity contribution in [2.24, 2.45) is 0 Å². The van der Waals surface area contributed by atoms with Crippen molar-refractivity contribution in [3.63, 3.8) is 0 Å². The Labute approximate surface area is 128 Å². The summed E-state index contributed by atoms with van der Waals surface area (Å²) in [5, 5.41) is 10.6. The normalized spacial score (nSPS) is 16.0. The molecule has 1 amide bonds. The van der Waals surface area contributed by atoms with Gasteiger partial charge in [0, 0.05) is 25.2 Å². The van der Waals surface area contributed by atoms with Gasteiger partial charge in [-0.1, -0.05) is 0 Å². The lowest BCUT2D eigenvalue weighted by atomic mass is 10.1. The van der Waals surface area contributed by atoms with Crippen LogP contribution in [-0.2, 0) is 9.53 Å². The molecule has 1 aromatic carbocycles. The first-order valence-corrected chi connectivity index (χ1v) is 7.23. The van der Waals surface area contributed by atoms with Crippen molar-refractivity contribution in [1.82, 2.24) is 4.90 Å². The number of nitrogens with zero attached hydrogens (tertiary/aromatic N) is 2. The number of ether oxygens (including phenoxy) is 1. The predicted molar refractivity (Wildman–Crippen MR) is 78.4 cm³/mol. The molecule has 1 heterocycles. The molecule has 0 aromatic heterocycles. The van der Waals surface area contributed by atoms with Gasteiger partial charge in [-0.2, -0.15) is 0 Å². The number of piperidine rings is 1. The van der Waals surface area contributed by atoms with E-state index in [1.54, 1.807) is 11.8 Å². The van der Waals surface area contributed by atoms with Crippen molar-refractivity contribution < 1.29 is 19.2 Å². The van der Waals surface area contributed by atoms with Gasteiger partial charge in [0.2, 0.25) is 0 Å². The zero-order valence-corrected chi connectivity index (χ0v) is 12.4. The molecule has 1 aliphatic heterocycles. The highest BCUT2D eigenvalue weighted by molar-refractivity contribution is 5.92. The lowest BCUT2D eigenvalue weighted by molar-refractivity contribution is -0.384.